The third-order valence-electron chi connectivity index (χ3n) is 2.27. The largest absolute Gasteiger partial charge is 0.295 e. The second kappa shape index (κ2) is 5.25. The Morgan fingerprint density at radius 1 is 1.18 bits per heavy atom. The van der Waals surface area contributed by atoms with Crippen LogP contribution in [0.15, 0.2) is 24.3 Å². The highest BCUT2D eigenvalue weighted by atomic mass is 32.1. The minimum atomic E-state index is 0.362. The lowest BCUT2D eigenvalue weighted by molar-refractivity contribution is 0.658. The highest BCUT2D eigenvalue weighted by Crippen LogP contribution is 2.28. The summed E-state index contributed by atoms with van der Waals surface area (Å²) in [6, 6.07) is 8.55. The zero-order valence-corrected chi connectivity index (χ0v) is 11.0. The van der Waals surface area contributed by atoms with E-state index >= 15 is 0 Å². The van der Waals surface area contributed by atoms with Crippen LogP contribution in [0.4, 0.5) is 5.13 Å². The van der Waals surface area contributed by atoms with Crippen molar-refractivity contribution in [3.8, 4) is 10.6 Å². The molecule has 90 valence electrons. The van der Waals surface area contributed by atoms with E-state index in [0.717, 1.165) is 15.7 Å². The van der Waals surface area contributed by atoms with E-state index in [1.54, 1.807) is 11.3 Å². The van der Waals surface area contributed by atoms with Crippen LogP contribution in [0.5, 0.6) is 0 Å². The van der Waals surface area contributed by atoms with Crippen LogP contribution in [-0.2, 0) is 0 Å². The smallest absolute Gasteiger partial charge is 0.220 e. The summed E-state index contributed by atoms with van der Waals surface area (Å²) >= 11 is 1.55. The summed E-state index contributed by atoms with van der Waals surface area (Å²) in [5, 5.41) is 10.0. The van der Waals surface area contributed by atoms with Gasteiger partial charge in [-0.25, -0.2) is 5.43 Å². The fourth-order valence-electron chi connectivity index (χ4n) is 1.40. The molecule has 1 heterocycles. The quantitative estimate of drug-likeness (QED) is 0.817. The molecule has 1 aromatic heterocycles. The van der Waals surface area contributed by atoms with Crippen LogP contribution in [0.3, 0.4) is 0 Å². The van der Waals surface area contributed by atoms with Gasteiger partial charge in [0.15, 0.2) is 0 Å². The normalized spacial score (nSPS) is 10.8. The number of hydrazine groups is 1. The van der Waals surface area contributed by atoms with Gasteiger partial charge in [0, 0.05) is 11.6 Å². The lowest BCUT2D eigenvalue weighted by Crippen LogP contribution is -2.28. The van der Waals surface area contributed by atoms with Gasteiger partial charge in [0.1, 0.15) is 5.01 Å². The summed E-state index contributed by atoms with van der Waals surface area (Å²) in [6.07, 6.45) is 0. The lowest BCUT2D eigenvalue weighted by atomic mass is 10.1. The minimum absolute atomic E-state index is 0.362. The van der Waals surface area contributed by atoms with E-state index in [1.807, 2.05) is 12.1 Å². The number of hydrogen-bond donors (Lipinski definition) is 2. The van der Waals surface area contributed by atoms with Gasteiger partial charge in [0.05, 0.1) is 0 Å². The molecule has 2 rings (SSSR count). The molecule has 0 atom stereocenters. The standard InChI is InChI=1S/C12H16N4S/c1-8(2)13-15-12-16-14-11(17-12)10-7-5-4-6-9(10)3/h4-8,13H,1-3H3,(H,15,16). The molecular formula is C12H16N4S. The summed E-state index contributed by atoms with van der Waals surface area (Å²) in [6.45, 7) is 6.21. The predicted octanol–water partition coefficient (Wildman–Crippen LogP) is 2.84. The first-order valence-electron chi connectivity index (χ1n) is 5.58. The molecule has 0 spiro atoms. The zero-order chi connectivity index (χ0) is 12.3. The van der Waals surface area contributed by atoms with Crippen LogP contribution in [0.25, 0.3) is 10.6 Å². The Hall–Kier alpha value is -1.46. The van der Waals surface area contributed by atoms with E-state index in [0.29, 0.717) is 6.04 Å². The third kappa shape index (κ3) is 3.01. The maximum Gasteiger partial charge on any atom is 0.220 e. The van der Waals surface area contributed by atoms with Crippen LogP contribution < -0.4 is 10.9 Å². The summed E-state index contributed by atoms with van der Waals surface area (Å²) < 4.78 is 0. The molecule has 4 nitrogen and oxygen atoms in total. The summed E-state index contributed by atoms with van der Waals surface area (Å²) in [7, 11) is 0. The van der Waals surface area contributed by atoms with Crippen molar-refractivity contribution < 1.29 is 0 Å². The third-order valence-corrected chi connectivity index (χ3v) is 3.14. The van der Waals surface area contributed by atoms with Crippen LogP contribution in [0, 0.1) is 6.92 Å². The highest BCUT2D eigenvalue weighted by Gasteiger charge is 2.08. The minimum Gasteiger partial charge on any atom is -0.295 e. The lowest BCUT2D eigenvalue weighted by Gasteiger charge is -2.06. The number of nitrogens with zero attached hydrogens (tertiary/aromatic N) is 2. The van der Waals surface area contributed by atoms with Crippen LogP contribution in [0.2, 0.25) is 0 Å². The molecule has 1 aromatic carbocycles. The number of aromatic nitrogens is 2. The maximum atomic E-state index is 4.19. The molecule has 0 fully saturated rings. The van der Waals surface area contributed by atoms with E-state index < -0.39 is 0 Å². The van der Waals surface area contributed by atoms with Crippen molar-refractivity contribution >= 4 is 16.5 Å². The van der Waals surface area contributed by atoms with Gasteiger partial charge in [-0.15, -0.1) is 10.2 Å². The number of rotatable bonds is 4. The van der Waals surface area contributed by atoms with Crippen molar-refractivity contribution in [3.05, 3.63) is 29.8 Å². The molecule has 0 aliphatic heterocycles. The van der Waals surface area contributed by atoms with E-state index in [1.165, 1.54) is 5.56 Å². The average molecular weight is 248 g/mol. The maximum absolute atomic E-state index is 4.19. The molecule has 5 heteroatoms. The second-order valence-electron chi connectivity index (χ2n) is 4.15. The molecular weight excluding hydrogens is 232 g/mol. The van der Waals surface area contributed by atoms with E-state index in [9.17, 15) is 0 Å². The summed E-state index contributed by atoms with van der Waals surface area (Å²) in [5.74, 6) is 0. The van der Waals surface area contributed by atoms with Crippen molar-refractivity contribution in [2.24, 2.45) is 0 Å². The molecule has 0 aliphatic carbocycles. The first-order valence-corrected chi connectivity index (χ1v) is 6.39. The zero-order valence-electron chi connectivity index (χ0n) is 10.2. The number of benzene rings is 1. The van der Waals surface area contributed by atoms with Crippen molar-refractivity contribution in [2.45, 2.75) is 26.8 Å². The SMILES string of the molecule is Cc1ccccc1-c1nnc(NNC(C)C)s1. The monoisotopic (exact) mass is 248 g/mol. The van der Waals surface area contributed by atoms with E-state index in [2.05, 4.69) is 54.0 Å². The average Bonchev–Trinajstić information content (AvgIpc) is 2.75. The first-order chi connectivity index (χ1) is 8.16. The van der Waals surface area contributed by atoms with Crippen LogP contribution in [0.1, 0.15) is 19.4 Å². The van der Waals surface area contributed by atoms with Gasteiger partial charge >= 0.3 is 0 Å². The summed E-state index contributed by atoms with van der Waals surface area (Å²) in [5.41, 5.74) is 8.50. The molecule has 0 unspecified atom stereocenters. The Morgan fingerprint density at radius 2 is 1.94 bits per heavy atom. The number of hydrogen-bond acceptors (Lipinski definition) is 5. The number of aryl methyl sites for hydroxylation is 1. The van der Waals surface area contributed by atoms with Gasteiger partial charge in [-0.2, -0.15) is 0 Å². The van der Waals surface area contributed by atoms with Gasteiger partial charge in [-0.3, -0.25) is 5.43 Å². The van der Waals surface area contributed by atoms with Crippen molar-refractivity contribution in [3.63, 3.8) is 0 Å². The van der Waals surface area contributed by atoms with Crippen molar-refractivity contribution in [1.29, 1.82) is 0 Å². The molecule has 0 amide bonds. The number of nitrogens with one attached hydrogen (secondary N) is 2. The highest BCUT2D eigenvalue weighted by molar-refractivity contribution is 7.18. The fourth-order valence-corrected chi connectivity index (χ4v) is 2.20. The fraction of sp³-hybridized carbons (Fsp3) is 0.333. The second-order valence-corrected chi connectivity index (χ2v) is 5.13. The molecule has 0 saturated heterocycles. The van der Waals surface area contributed by atoms with Crippen LogP contribution in [-0.4, -0.2) is 16.2 Å². The van der Waals surface area contributed by atoms with E-state index in [4.69, 9.17) is 0 Å². The molecule has 0 saturated carbocycles. The molecule has 17 heavy (non-hydrogen) atoms. The van der Waals surface area contributed by atoms with E-state index in [-0.39, 0.29) is 0 Å². The topological polar surface area (TPSA) is 49.8 Å². The molecule has 0 aliphatic rings. The van der Waals surface area contributed by atoms with Gasteiger partial charge in [0.25, 0.3) is 0 Å². The first kappa shape index (κ1) is 12.0. The predicted molar refractivity (Wildman–Crippen MR) is 72.0 cm³/mol. The van der Waals surface area contributed by atoms with Gasteiger partial charge < -0.3 is 0 Å². The van der Waals surface area contributed by atoms with Crippen molar-refractivity contribution in [2.75, 3.05) is 5.43 Å². The van der Waals surface area contributed by atoms with Gasteiger partial charge in [0.2, 0.25) is 5.13 Å². The summed E-state index contributed by atoms with van der Waals surface area (Å²) in [4.78, 5) is 0. The number of anilines is 1. The molecule has 0 radical (unpaired) electrons. The molecule has 0 bridgehead atoms. The Bertz CT molecular complexity index is 493. The van der Waals surface area contributed by atoms with Crippen molar-refractivity contribution in [1.82, 2.24) is 15.6 Å². The Kier molecular flexibility index (Phi) is 3.71. The van der Waals surface area contributed by atoms with Gasteiger partial charge in [-0.1, -0.05) is 35.6 Å². The Balaban J connectivity index is 2.16. The molecule has 2 N–H and O–H groups in total. The Labute approximate surface area is 105 Å². The van der Waals surface area contributed by atoms with Gasteiger partial charge in [-0.05, 0) is 26.3 Å². The molecule has 2 aromatic rings. The Morgan fingerprint density at radius 3 is 2.65 bits per heavy atom. The van der Waals surface area contributed by atoms with Crippen LogP contribution >= 0.6 is 11.3 Å².